The highest BCUT2D eigenvalue weighted by atomic mass is 32.2. The number of pyridine rings is 1. The lowest BCUT2D eigenvalue weighted by atomic mass is 9.79. The van der Waals surface area contributed by atoms with Crippen LogP contribution in [-0.2, 0) is 22.0 Å². The Bertz CT molecular complexity index is 1040. The maximum Gasteiger partial charge on any atom is 0.234 e. The molecular formula is C25H29N3O2S. The highest BCUT2D eigenvalue weighted by Gasteiger charge is 2.38. The Kier molecular flexibility index (Phi) is 7.25. The van der Waals surface area contributed by atoms with E-state index in [4.69, 9.17) is 0 Å². The first-order chi connectivity index (χ1) is 14.9. The molecule has 2 aromatic carbocycles. The molecule has 5 nitrogen and oxygen atoms in total. The van der Waals surface area contributed by atoms with E-state index in [-0.39, 0.29) is 0 Å². The van der Waals surface area contributed by atoms with Gasteiger partial charge in [-0.1, -0.05) is 55.1 Å². The first kappa shape index (κ1) is 22.7. The molecule has 162 valence electrons. The third-order valence-electron chi connectivity index (χ3n) is 5.49. The Morgan fingerprint density at radius 2 is 1.61 bits per heavy atom. The molecule has 0 amide bonds. The molecule has 0 bridgehead atoms. The lowest BCUT2D eigenvalue weighted by Gasteiger charge is -2.35. The van der Waals surface area contributed by atoms with Crippen molar-refractivity contribution in [3.8, 4) is 0 Å². The number of benzene rings is 2. The Balaban J connectivity index is 2.14. The molecule has 0 saturated heterocycles. The number of rotatable bonds is 10. The molecular weight excluding hydrogens is 406 g/mol. The summed E-state index contributed by atoms with van der Waals surface area (Å²) in [7, 11) is -3.75. The molecule has 0 aliphatic carbocycles. The van der Waals surface area contributed by atoms with E-state index in [9.17, 15) is 8.42 Å². The molecule has 1 heterocycles. The lowest BCUT2D eigenvalue weighted by Crippen LogP contribution is -2.47. The van der Waals surface area contributed by atoms with Gasteiger partial charge in [-0.2, -0.15) is 4.72 Å². The van der Waals surface area contributed by atoms with E-state index < -0.39 is 15.6 Å². The highest BCUT2D eigenvalue weighted by molar-refractivity contribution is 7.92. The van der Waals surface area contributed by atoms with Crippen molar-refractivity contribution >= 4 is 15.7 Å². The summed E-state index contributed by atoms with van der Waals surface area (Å²) in [5.41, 5.74) is 2.72. The molecule has 1 unspecified atom stereocenters. The van der Waals surface area contributed by atoms with Gasteiger partial charge in [0.25, 0.3) is 0 Å². The van der Waals surface area contributed by atoms with E-state index in [0.29, 0.717) is 6.42 Å². The molecule has 0 spiro atoms. The minimum absolute atomic E-state index is 0.425. The number of anilines is 1. The standard InChI is InChI=1S/C25H29N3O2S/c1-4-28(5-2)24-16-14-21(15-17-24)19-25(27-31(29,30)6-3,22-11-8-7-9-12-22)23-13-10-18-26-20-23/h6-18,20,27H,3-5,19H2,1-2H3. The molecule has 0 aliphatic heterocycles. The number of aromatic nitrogens is 1. The fourth-order valence-corrected chi connectivity index (χ4v) is 4.74. The van der Waals surface area contributed by atoms with Gasteiger partial charge in [-0.3, -0.25) is 4.98 Å². The monoisotopic (exact) mass is 435 g/mol. The SMILES string of the molecule is C=CS(=O)(=O)NC(Cc1ccc(N(CC)CC)cc1)(c1ccccc1)c1cccnc1. The van der Waals surface area contributed by atoms with Gasteiger partial charge in [-0.15, -0.1) is 0 Å². The normalized spacial score (nSPS) is 13.4. The van der Waals surface area contributed by atoms with Gasteiger partial charge < -0.3 is 4.90 Å². The van der Waals surface area contributed by atoms with Gasteiger partial charge in [0.2, 0.25) is 10.0 Å². The molecule has 3 rings (SSSR count). The Morgan fingerprint density at radius 3 is 2.16 bits per heavy atom. The van der Waals surface area contributed by atoms with Crippen LogP contribution < -0.4 is 9.62 Å². The fourth-order valence-electron chi connectivity index (χ4n) is 3.87. The van der Waals surface area contributed by atoms with E-state index in [1.54, 1.807) is 12.4 Å². The van der Waals surface area contributed by atoms with Crippen LogP contribution in [0.3, 0.4) is 0 Å². The van der Waals surface area contributed by atoms with Crippen LogP contribution in [0.4, 0.5) is 5.69 Å². The average Bonchev–Trinajstić information content (AvgIpc) is 2.81. The second-order valence-electron chi connectivity index (χ2n) is 7.34. The van der Waals surface area contributed by atoms with Crippen LogP contribution in [0.1, 0.15) is 30.5 Å². The van der Waals surface area contributed by atoms with Crippen LogP contribution in [-0.4, -0.2) is 26.5 Å². The molecule has 31 heavy (non-hydrogen) atoms. The summed E-state index contributed by atoms with van der Waals surface area (Å²) in [4.78, 5) is 6.54. The predicted octanol–water partition coefficient (Wildman–Crippen LogP) is 4.48. The molecule has 0 radical (unpaired) electrons. The van der Waals surface area contributed by atoms with Crippen molar-refractivity contribution in [3.63, 3.8) is 0 Å². The molecule has 1 atom stereocenters. The third-order valence-corrected chi connectivity index (χ3v) is 6.56. The largest absolute Gasteiger partial charge is 0.372 e. The van der Waals surface area contributed by atoms with Gasteiger partial charge in [-0.25, -0.2) is 8.42 Å². The van der Waals surface area contributed by atoms with Crippen molar-refractivity contribution in [2.24, 2.45) is 0 Å². The lowest BCUT2D eigenvalue weighted by molar-refractivity contribution is 0.465. The maximum absolute atomic E-state index is 12.7. The number of nitrogens with one attached hydrogen (secondary N) is 1. The molecule has 0 fully saturated rings. The van der Waals surface area contributed by atoms with E-state index in [0.717, 1.165) is 40.9 Å². The molecule has 1 aromatic heterocycles. The maximum atomic E-state index is 12.7. The fraction of sp³-hybridized carbons (Fsp3) is 0.240. The molecule has 3 aromatic rings. The van der Waals surface area contributed by atoms with Gasteiger partial charge in [0.15, 0.2) is 0 Å². The zero-order valence-electron chi connectivity index (χ0n) is 18.0. The van der Waals surface area contributed by atoms with E-state index >= 15 is 0 Å². The summed E-state index contributed by atoms with van der Waals surface area (Å²) in [6.07, 6.45) is 3.82. The zero-order valence-corrected chi connectivity index (χ0v) is 18.8. The molecule has 0 aliphatic rings. The van der Waals surface area contributed by atoms with Crippen LogP contribution in [0.15, 0.2) is 91.1 Å². The summed E-state index contributed by atoms with van der Waals surface area (Å²) in [5.74, 6) is 0. The van der Waals surface area contributed by atoms with Crippen molar-refractivity contribution in [1.82, 2.24) is 9.71 Å². The van der Waals surface area contributed by atoms with E-state index in [1.807, 2.05) is 42.5 Å². The van der Waals surface area contributed by atoms with E-state index in [2.05, 4.69) is 59.3 Å². The molecule has 6 heteroatoms. The van der Waals surface area contributed by atoms with Crippen molar-refractivity contribution in [3.05, 3.63) is 108 Å². The minimum Gasteiger partial charge on any atom is -0.372 e. The van der Waals surface area contributed by atoms with Crippen LogP contribution in [0.2, 0.25) is 0 Å². The number of hydrogen-bond acceptors (Lipinski definition) is 4. The number of hydrogen-bond donors (Lipinski definition) is 1. The van der Waals surface area contributed by atoms with Crippen molar-refractivity contribution < 1.29 is 8.42 Å². The number of sulfonamides is 1. The average molecular weight is 436 g/mol. The smallest absolute Gasteiger partial charge is 0.234 e. The van der Waals surface area contributed by atoms with Crippen molar-refractivity contribution in [1.29, 1.82) is 0 Å². The van der Waals surface area contributed by atoms with Gasteiger partial charge in [0.1, 0.15) is 0 Å². The Labute approximate surface area is 185 Å². The first-order valence-electron chi connectivity index (χ1n) is 10.4. The van der Waals surface area contributed by atoms with Crippen LogP contribution in [0, 0.1) is 0 Å². The summed E-state index contributed by atoms with van der Waals surface area (Å²) >= 11 is 0. The highest BCUT2D eigenvalue weighted by Crippen LogP contribution is 2.34. The second kappa shape index (κ2) is 9.90. The summed E-state index contributed by atoms with van der Waals surface area (Å²) in [6, 6.07) is 21.6. The Hall–Kier alpha value is -2.96. The minimum atomic E-state index is -3.75. The summed E-state index contributed by atoms with van der Waals surface area (Å²) < 4.78 is 28.3. The van der Waals surface area contributed by atoms with E-state index in [1.165, 1.54) is 0 Å². The van der Waals surface area contributed by atoms with Crippen LogP contribution in [0.25, 0.3) is 0 Å². The van der Waals surface area contributed by atoms with Gasteiger partial charge >= 0.3 is 0 Å². The van der Waals surface area contributed by atoms with Gasteiger partial charge in [0.05, 0.1) is 5.54 Å². The number of nitrogens with zero attached hydrogens (tertiary/aromatic N) is 2. The summed E-state index contributed by atoms with van der Waals surface area (Å²) in [6.45, 7) is 9.61. The van der Waals surface area contributed by atoms with Crippen molar-refractivity contribution in [2.45, 2.75) is 25.8 Å². The second-order valence-corrected chi connectivity index (χ2v) is 8.97. The first-order valence-corrected chi connectivity index (χ1v) is 11.9. The van der Waals surface area contributed by atoms with Gasteiger partial charge in [-0.05, 0) is 48.7 Å². The van der Waals surface area contributed by atoms with Gasteiger partial charge in [0, 0.05) is 43.0 Å². The van der Waals surface area contributed by atoms with Crippen LogP contribution >= 0.6 is 0 Å². The zero-order chi connectivity index (χ0) is 22.3. The topological polar surface area (TPSA) is 62.3 Å². The van der Waals surface area contributed by atoms with Crippen molar-refractivity contribution in [2.75, 3.05) is 18.0 Å². The summed E-state index contributed by atoms with van der Waals surface area (Å²) in [5, 5.41) is 0.949. The predicted molar refractivity (Wildman–Crippen MR) is 127 cm³/mol. The quantitative estimate of drug-likeness (QED) is 0.510. The molecule has 0 saturated carbocycles. The third kappa shape index (κ3) is 5.21. The Morgan fingerprint density at radius 1 is 0.968 bits per heavy atom. The molecule has 1 N–H and O–H groups in total. The van der Waals surface area contributed by atoms with Crippen LogP contribution in [0.5, 0.6) is 0 Å².